The topological polar surface area (TPSA) is 55.1 Å². The highest BCUT2D eigenvalue weighted by Gasteiger charge is 2.00. The van der Waals surface area contributed by atoms with E-state index in [1.807, 2.05) is 19.1 Å². The van der Waals surface area contributed by atoms with E-state index in [2.05, 4.69) is 5.32 Å². The fraction of sp³-hybridized carbons (Fsp3) is 0.222. The van der Waals surface area contributed by atoms with Gasteiger partial charge in [-0.25, -0.2) is 4.79 Å². The number of urea groups is 1. The van der Waals surface area contributed by atoms with Crippen molar-refractivity contribution in [3.63, 3.8) is 0 Å². The van der Waals surface area contributed by atoms with Crippen LogP contribution >= 0.6 is 11.6 Å². The molecule has 0 aromatic heterocycles. The number of primary amides is 1. The molecule has 1 aromatic rings. The van der Waals surface area contributed by atoms with E-state index in [-0.39, 0.29) is 0 Å². The summed E-state index contributed by atoms with van der Waals surface area (Å²) in [4.78, 5) is 10.6. The van der Waals surface area contributed by atoms with Crippen LogP contribution in [0.5, 0.6) is 0 Å². The number of amides is 2. The molecule has 0 atom stereocenters. The van der Waals surface area contributed by atoms with Gasteiger partial charge in [-0.15, -0.1) is 11.6 Å². The van der Waals surface area contributed by atoms with E-state index >= 15 is 0 Å². The Bertz CT molecular complexity index is 325. The van der Waals surface area contributed by atoms with Gasteiger partial charge < -0.3 is 11.1 Å². The van der Waals surface area contributed by atoms with Gasteiger partial charge in [0.25, 0.3) is 0 Å². The Kier molecular flexibility index (Phi) is 3.14. The van der Waals surface area contributed by atoms with Crippen LogP contribution in [0.4, 0.5) is 10.5 Å². The molecule has 13 heavy (non-hydrogen) atoms. The van der Waals surface area contributed by atoms with E-state index < -0.39 is 6.03 Å². The summed E-state index contributed by atoms with van der Waals surface area (Å²) in [6, 6.07) is 5.00. The molecule has 3 N–H and O–H groups in total. The Hall–Kier alpha value is -1.22. The summed E-state index contributed by atoms with van der Waals surface area (Å²) < 4.78 is 0. The SMILES string of the molecule is Cc1cc(CCl)ccc1NC(N)=O. The lowest BCUT2D eigenvalue weighted by Gasteiger charge is -2.06. The van der Waals surface area contributed by atoms with Crippen LogP contribution in [0.2, 0.25) is 0 Å². The van der Waals surface area contributed by atoms with Crippen molar-refractivity contribution in [3.8, 4) is 0 Å². The number of carbonyl (C=O) groups excluding carboxylic acids is 1. The standard InChI is InChI=1S/C9H11ClN2O/c1-6-4-7(5-10)2-3-8(6)12-9(11)13/h2-4H,5H2,1H3,(H3,11,12,13). The zero-order valence-corrected chi connectivity index (χ0v) is 8.06. The Morgan fingerprint density at radius 3 is 2.77 bits per heavy atom. The van der Waals surface area contributed by atoms with E-state index in [1.165, 1.54) is 0 Å². The molecule has 0 bridgehead atoms. The van der Waals surface area contributed by atoms with Crippen molar-refractivity contribution in [1.29, 1.82) is 0 Å². The van der Waals surface area contributed by atoms with Gasteiger partial charge in [-0.3, -0.25) is 0 Å². The van der Waals surface area contributed by atoms with Crippen molar-refractivity contribution in [2.75, 3.05) is 5.32 Å². The first kappa shape index (κ1) is 9.86. The van der Waals surface area contributed by atoms with Crippen molar-refractivity contribution >= 4 is 23.3 Å². The minimum Gasteiger partial charge on any atom is -0.351 e. The van der Waals surface area contributed by atoms with Crippen LogP contribution < -0.4 is 11.1 Å². The van der Waals surface area contributed by atoms with Gasteiger partial charge in [0.05, 0.1) is 0 Å². The number of aryl methyl sites for hydroxylation is 1. The van der Waals surface area contributed by atoms with Crippen LogP contribution in [0.1, 0.15) is 11.1 Å². The molecule has 3 nitrogen and oxygen atoms in total. The molecule has 0 spiro atoms. The molecule has 0 saturated carbocycles. The molecule has 1 rings (SSSR count). The molecule has 0 unspecified atom stereocenters. The summed E-state index contributed by atoms with van der Waals surface area (Å²) >= 11 is 5.64. The molecule has 0 aliphatic heterocycles. The van der Waals surface area contributed by atoms with E-state index in [4.69, 9.17) is 17.3 Å². The summed E-state index contributed by atoms with van der Waals surface area (Å²) in [5.41, 5.74) is 7.69. The van der Waals surface area contributed by atoms with Gasteiger partial charge in [-0.1, -0.05) is 12.1 Å². The van der Waals surface area contributed by atoms with Gasteiger partial charge in [-0.2, -0.15) is 0 Å². The molecule has 4 heteroatoms. The Morgan fingerprint density at radius 1 is 1.62 bits per heavy atom. The van der Waals surface area contributed by atoms with Crippen molar-refractivity contribution in [2.24, 2.45) is 5.73 Å². The first-order valence-electron chi connectivity index (χ1n) is 3.85. The average Bonchev–Trinajstić information content (AvgIpc) is 2.08. The van der Waals surface area contributed by atoms with Crippen LogP contribution in [0.3, 0.4) is 0 Å². The monoisotopic (exact) mass is 198 g/mol. The zero-order chi connectivity index (χ0) is 9.84. The number of anilines is 1. The van der Waals surface area contributed by atoms with Crippen molar-refractivity contribution in [3.05, 3.63) is 29.3 Å². The number of carbonyl (C=O) groups is 1. The number of benzene rings is 1. The summed E-state index contributed by atoms with van der Waals surface area (Å²) in [5.74, 6) is 0.470. The first-order chi connectivity index (χ1) is 6.13. The van der Waals surface area contributed by atoms with Crippen LogP contribution in [-0.4, -0.2) is 6.03 Å². The maximum Gasteiger partial charge on any atom is 0.316 e. The van der Waals surface area contributed by atoms with E-state index in [9.17, 15) is 4.79 Å². The molecule has 0 radical (unpaired) electrons. The van der Waals surface area contributed by atoms with Crippen LogP contribution in [-0.2, 0) is 5.88 Å². The predicted octanol–water partition coefficient (Wildman–Crippen LogP) is 2.22. The number of halogens is 1. The average molecular weight is 199 g/mol. The maximum atomic E-state index is 10.6. The third-order valence-corrected chi connectivity index (χ3v) is 2.01. The van der Waals surface area contributed by atoms with Crippen molar-refractivity contribution < 1.29 is 4.79 Å². The lowest BCUT2D eigenvalue weighted by molar-refractivity contribution is 0.259. The van der Waals surface area contributed by atoms with Gasteiger partial charge in [0.15, 0.2) is 0 Å². The number of alkyl halides is 1. The van der Waals surface area contributed by atoms with E-state index in [0.29, 0.717) is 5.88 Å². The molecule has 0 aliphatic rings. The van der Waals surface area contributed by atoms with Crippen LogP contribution in [0.25, 0.3) is 0 Å². The first-order valence-corrected chi connectivity index (χ1v) is 4.39. The molecule has 0 fully saturated rings. The highest BCUT2D eigenvalue weighted by molar-refractivity contribution is 6.17. The van der Waals surface area contributed by atoms with Crippen LogP contribution in [0, 0.1) is 6.92 Å². The summed E-state index contributed by atoms with van der Waals surface area (Å²) in [7, 11) is 0. The fourth-order valence-electron chi connectivity index (χ4n) is 1.08. The highest BCUT2D eigenvalue weighted by Crippen LogP contribution is 2.17. The second-order valence-corrected chi connectivity index (χ2v) is 3.04. The zero-order valence-electron chi connectivity index (χ0n) is 7.30. The number of hydrogen-bond donors (Lipinski definition) is 2. The summed E-state index contributed by atoms with van der Waals surface area (Å²) in [6.07, 6.45) is 0. The fourth-order valence-corrected chi connectivity index (χ4v) is 1.25. The molecule has 0 saturated heterocycles. The molecular formula is C9H11ClN2O. The smallest absolute Gasteiger partial charge is 0.316 e. The molecule has 0 heterocycles. The van der Waals surface area contributed by atoms with Crippen molar-refractivity contribution in [2.45, 2.75) is 12.8 Å². The Morgan fingerprint density at radius 2 is 2.31 bits per heavy atom. The predicted molar refractivity (Wildman–Crippen MR) is 53.9 cm³/mol. The molecule has 70 valence electrons. The Labute approximate surface area is 81.9 Å². The lowest BCUT2D eigenvalue weighted by atomic mass is 10.1. The lowest BCUT2D eigenvalue weighted by Crippen LogP contribution is -2.19. The normalized spacial score (nSPS) is 9.69. The summed E-state index contributed by atoms with van der Waals surface area (Å²) in [5, 5.41) is 2.52. The van der Waals surface area contributed by atoms with Crippen LogP contribution in [0.15, 0.2) is 18.2 Å². The molecule has 1 aromatic carbocycles. The quantitative estimate of drug-likeness (QED) is 0.704. The van der Waals surface area contributed by atoms with Crippen molar-refractivity contribution in [1.82, 2.24) is 0 Å². The second kappa shape index (κ2) is 4.14. The molecule has 0 aliphatic carbocycles. The Balaban J connectivity index is 2.91. The van der Waals surface area contributed by atoms with E-state index in [0.717, 1.165) is 16.8 Å². The largest absolute Gasteiger partial charge is 0.351 e. The van der Waals surface area contributed by atoms with Gasteiger partial charge in [0.1, 0.15) is 0 Å². The minimum atomic E-state index is -0.554. The summed E-state index contributed by atoms with van der Waals surface area (Å²) in [6.45, 7) is 1.89. The molecular weight excluding hydrogens is 188 g/mol. The third kappa shape index (κ3) is 2.63. The van der Waals surface area contributed by atoms with E-state index in [1.54, 1.807) is 6.07 Å². The van der Waals surface area contributed by atoms with Gasteiger partial charge in [-0.05, 0) is 24.1 Å². The second-order valence-electron chi connectivity index (χ2n) is 2.77. The molecule has 2 amide bonds. The number of rotatable bonds is 2. The third-order valence-electron chi connectivity index (χ3n) is 1.70. The van der Waals surface area contributed by atoms with Gasteiger partial charge >= 0.3 is 6.03 Å². The number of nitrogens with two attached hydrogens (primary N) is 1. The minimum absolute atomic E-state index is 0.470. The highest BCUT2D eigenvalue weighted by atomic mass is 35.5. The van der Waals surface area contributed by atoms with Gasteiger partial charge in [0, 0.05) is 11.6 Å². The maximum absolute atomic E-state index is 10.6. The van der Waals surface area contributed by atoms with Gasteiger partial charge in [0.2, 0.25) is 0 Å². The number of nitrogens with one attached hydrogen (secondary N) is 1. The number of hydrogen-bond acceptors (Lipinski definition) is 1.